The zero-order valence-corrected chi connectivity index (χ0v) is 32.7. The summed E-state index contributed by atoms with van der Waals surface area (Å²) in [5.41, 5.74) is 3.77. The van der Waals surface area contributed by atoms with Crippen LogP contribution < -0.4 is 15.0 Å². The number of carbonyl (C=O) groups is 3. The second kappa shape index (κ2) is 15.1. The van der Waals surface area contributed by atoms with E-state index in [0.717, 1.165) is 28.8 Å². The van der Waals surface area contributed by atoms with E-state index in [-0.39, 0.29) is 42.3 Å². The molecule has 8 rings (SSSR count). The molecule has 3 heterocycles. The van der Waals surface area contributed by atoms with Crippen molar-refractivity contribution in [2.75, 3.05) is 65.6 Å². The number of amides is 3. The maximum atomic E-state index is 14.3. The highest BCUT2D eigenvalue weighted by molar-refractivity contribution is 6.02. The Labute approximate surface area is 318 Å². The standard InChI is InChI=1S/C41H57N5O8/c1-23-31-18-28(41(31,3)4)19-32(23)42-38(49)36-35(24(2)48)34(22-47)54-46(36)20-25-9-8-10-30(37(25)52-7)26-15-27(17-29(16-26)43(5)6)39(50)45-21-33(45)40(51)44-11-13-53-14-12-44/h8-10,15-17,23-24,28,31-36,47-48H,11-14,18-22H2,1-7H3,(H,42,49)/t23-,24-,28+,31-,32-,33+,34-,35-,36-,45?/m0/s1. The molecule has 2 aromatic carbocycles. The van der Waals surface area contributed by atoms with Crippen molar-refractivity contribution in [1.82, 2.24) is 20.2 Å². The van der Waals surface area contributed by atoms with Gasteiger partial charge in [0, 0.05) is 61.5 Å². The van der Waals surface area contributed by atoms with Gasteiger partial charge in [-0.3, -0.25) is 19.2 Å². The van der Waals surface area contributed by atoms with Crippen molar-refractivity contribution in [3.63, 3.8) is 0 Å². The fourth-order valence-corrected chi connectivity index (χ4v) is 9.71. The Morgan fingerprint density at radius 2 is 1.85 bits per heavy atom. The summed E-state index contributed by atoms with van der Waals surface area (Å²) in [6.45, 7) is 10.8. The van der Waals surface area contributed by atoms with Gasteiger partial charge in [-0.1, -0.05) is 39.0 Å². The number of anilines is 1. The fraction of sp³-hybridized carbons (Fsp3) is 0.634. The molecule has 13 heteroatoms. The molecule has 9 atom stereocenters. The Morgan fingerprint density at radius 1 is 1.11 bits per heavy atom. The van der Waals surface area contributed by atoms with Crippen LogP contribution in [0.4, 0.5) is 5.69 Å². The molecule has 3 amide bonds. The number of methoxy groups -OCH3 is 1. The summed E-state index contributed by atoms with van der Waals surface area (Å²) in [5, 5.41) is 26.2. The molecule has 6 fully saturated rings. The van der Waals surface area contributed by atoms with E-state index in [1.807, 2.05) is 55.4 Å². The SMILES string of the molecule is COc1c(CN2O[C@@H](CO)[C@H]([C@H](C)O)[C@H]2C(=O)N[C@H]2C[C@H]3C[C@@H]([C@@H]2C)C3(C)C)cccc1-c1cc(C(=O)N2C[C@@H]2C(=O)N2CCOCC2)cc(N(C)C)c1. The summed E-state index contributed by atoms with van der Waals surface area (Å²) < 4.78 is 11.5. The molecule has 294 valence electrons. The Morgan fingerprint density at radius 3 is 2.48 bits per heavy atom. The molecular formula is C41H57N5O8. The molecule has 3 aliphatic heterocycles. The van der Waals surface area contributed by atoms with Crippen LogP contribution in [0.1, 0.15) is 56.5 Å². The largest absolute Gasteiger partial charge is 0.496 e. The molecule has 0 radical (unpaired) electrons. The number of rotatable bonds is 11. The lowest BCUT2D eigenvalue weighted by atomic mass is 9.45. The third-order valence-corrected chi connectivity index (χ3v) is 13.2. The van der Waals surface area contributed by atoms with Crippen molar-refractivity contribution in [1.29, 1.82) is 0 Å². The number of hydrogen-bond acceptors (Lipinski definition) is 10. The predicted octanol–water partition coefficient (Wildman–Crippen LogP) is 2.77. The van der Waals surface area contributed by atoms with Crippen LogP contribution in [-0.2, 0) is 25.7 Å². The van der Waals surface area contributed by atoms with Crippen molar-refractivity contribution in [2.45, 2.75) is 77.4 Å². The molecule has 3 saturated carbocycles. The van der Waals surface area contributed by atoms with Gasteiger partial charge in [-0.15, -0.1) is 0 Å². The fourth-order valence-electron chi connectivity index (χ4n) is 9.71. The Bertz CT molecular complexity index is 1740. The molecule has 3 saturated heterocycles. The number of carbonyl (C=O) groups excluding carboxylic acids is 3. The number of fused-ring (bicyclic) bond motifs is 2. The Balaban J connectivity index is 1.15. The second-order valence-electron chi connectivity index (χ2n) is 16.8. The summed E-state index contributed by atoms with van der Waals surface area (Å²) in [6.07, 6.45) is 0.427. The lowest BCUT2D eigenvalue weighted by molar-refractivity contribution is -0.183. The third-order valence-electron chi connectivity index (χ3n) is 13.2. The van der Waals surface area contributed by atoms with Gasteiger partial charge < -0.3 is 39.7 Å². The van der Waals surface area contributed by atoms with Crippen molar-refractivity contribution in [2.24, 2.45) is 29.1 Å². The van der Waals surface area contributed by atoms with Gasteiger partial charge in [0.05, 0.1) is 46.1 Å². The number of ether oxygens (including phenoxy) is 2. The molecule has 13 nitrogen and oxygen atoms in total. The number of hydroxylamine groups is 2. The van der Waals surface area contributed by atoms with Gasteiger partial charge in [0.25, 0.3) is 5.91 Å². The summed E-state index contributed by atoms with van der Waals surface area (Å²) in [5.74, 6) is 0.843. The average molecular weight is 748 g/mol. The number of hydrogen-bond donors (Lipinski definition) is 3. The highest BCUT2D eigenvalue weighted by atomic mass is 16.7. The van der Waals surface area contributed by atoms with Crippen LogP contribution >= 0.6 is 0 Å². The summed E-state index contributed by atoms with van der Waals surface area (Å²) in [7, 11) is 5.41. The van der Waals surface area contributed by atoms with Crippen molar-refractivity contribution >= 4 is 23.4 Å². The Kier molecular flexibility index (Phi) is 10.7. The van der Waals surface area contributed by atoms with E-state index in [2.05, 4.69) is 26.1 Å². The first-order chi connectivity index (χ1) is 25.7. The topological polar surface area (TPSA) is 144 Å². The van der Waals surface area contributed by atoms with Gasteiger partial charge >= 0.3 is 0 Å². The van der Waals surface area contributed by atoms with Crippen molar-refractivity contribution in [3.8, 4) is 16.9 Å². The molecule has 0 unspecified atom stereocenters. The molecule has 54 heavy (non-hydrogen) atoms. The van der Waals surface area contributed by atoms with Crippen molar-refractivity contribution < 1.29 is 38.9 Å². The van der Waals surface area contributed by atoms with Gasteiger partial charge in [0.1, 0.15) is 23.9 Å². The molecule has 2 aromatic rings. The average Bonchev–Trinajstić information content (AvgIpc) is 3.88. The minimum absolute atomic E-state index is 0.0254. The first-order valence-corrected chi connectivity index (χ1v) is 19.4. The summed E-state index contributed by atoms with van der Waals surface area (Å²) in [6, 6.07) is 10.1. The predicted molar refractivity (Wildman–Crippen MR) is 203 cm³/mol. The molecule has 2 bridgehead atoms. The number of benzene rings is 2. The normalized spacial score (nSPS) is 30.7. The molecule has 0 aromatic heterocycles. The van der Waals surface area contributed by atoms with Crippen LogP contribution in [-0.4, -0.2) is 134 Å². The van der Waals surface area contributed by atoms with E-state index in [1.165, 1.54) is 6.42 Å². The van der Waals surface area contributed by atoms with Crippen LogP contribution in [0.3, 0.4) is 0 Å². The molecule has 6 aliphatic rings. The smallest absolute Gasteiger partial charge is 0.254 e. The van der Waals surface area contributed by atoms with Crippen LogP contribution in [0.5, 0.6) is 5.75 Å². The van der Waals surface area contributed by atoms with Gasteiger partial charge in [0.15, 0.2) is 0 Å². The van der Waals surface area contributed by atoms with Gasteiger partial charge in [-0.2, -0.15) is 5.06 Å². The molecule has 3 N–H and O–H groups in total. The number of aliphatic hydroxyl groups excluding tert-OH is 2. The van der Waals surface area contributed by atoms with E-state index >= 15 is 0 Å². The van der Waals surface area contributed by atoms with E-state index in [0.29, 0.717) is 61.9 Å². The maximum Gasteiger partial charge on any atom is 0.254 e. The van der Waals surface area contributed by atoms with Crippen LogP contribution in [0.2, 0.25) is 0 Å². The van der Waals surface area contributed by atoms with E-state index in [1.54, 1.807) is 28.9 Å². The van der Waals surface area contributed by atoms with Crippen LogP contribution in [0.25, 0.3) is 11.1 Å². The van der Waals surface area contributed by atoms with Crippen LogP contribution in [0, 0.1) is 29.1 Å². The second-order valence-corrected chi connectivity index (χ2v) is 16.8. The number of nitrogens with zero attached hydrogens (tertiary/aromatic N) is 4. The van der Waals surface area contributed by atoms with Gasteiger partial charge in [-0.25, -0.2) is 0 Å². The highest BCUT2D eigenvalue weighted by Gasteiger charge is 2.57. The minimum atomic E-state index is -0.914. The Hall–Kier alpha value is -3.75. The highest BCUT2D eigenvalue weighted by Crippen LogP contribution is 2.61. The lowest BCUT2D eigenvalue weighted by Gasteiger charge is -2.62. The van der Waals surface area contributed by atoms with Gasteiger partial charge in [-0.05, 0) is 66.7 Å². The zero-order chi connectivity index (χ0) is 38.6. The number of morpholine rings is 1. The third kappa shape index (κ3) is 6.98. The van der Waals surface area contributed by atoms with E-state index in [4.69, 9.17) is 14.3 Å². The zero-order valence-electron chi connectivity index (χ0n) is 32.7. The first kappa shape index (κ1) is 38.5. The molecule has 0 spiro atoms. The minimum Gasteiger partial charge on any atom is -0.496 e. The molecular weight excluding hydrogens is 690 g/mol. The number of para-hydroxylation sites is 1. The monoisotopic (exact) mass is 747 g/mol. The first-order valence-electron chi connectivity index (χ1n) is 19.4. The summed E-state index contributed by atoms with van der Waals surface area (Å²) in [4.78, 5) is 52.8. The van der Waals surface area contributed by atoms with E-state index in [9.17, 15) is 24.6 Å². The number of nitrogens with one attached hydrogen (secondary N) is 1. The number of aliphatic hydroxyl groups is 2. The molecule has 3 aliphatic carbocycles. The summed E-state index contributed by atoms with van der Waals surface area (Å²) >= 11 is 0. The van der Waals surface area contributed by atoms with E-state index < -0.39 is 30.2 Å². The van der Waals surface area contributed by atoms with Crippen molar-refractivity contribution in [3.05, 3.63) is 47.5 Å². The lowest BCUT2D eigenvalue weighted by Crippen LogP contribution is -2.62. The quantitative estimate of drug-likeness (QED) is 0.294. The van der Waals surface area contributed by atoms with Gasteiger partial charge in [0.2, 0.25) is 11.8 Å². The maximum absolute atomic E-state index is 14.3. The van der Waals surface area contributed by atoms with Crippen LogP contribution in [0.15, 0.2) is 36.4 Å².